The second-order valence-electron chi connectivity index (χ2n) is 12.8. The van der Waals surface area contributed by atoms with Gasteiger partial charge in [-0.05, 0) is 130 Å². The fourth-order valence-electron chi connectivity index (χ4n) is 9.66. The molecule has 9 atom stereocenters. The van der Waals surface area contributed by atoms with Crippen molar-refractivity contribution in [3.63, 3.8) is 0 Å². The average molecular weight is 441 g/mol. The molecule has 0 aromatic heterocycles. The maximum atomic E-state index is 10.3. The Morgan fingerprint density at radius 3 is 2.56 bits per heavy atom. The van der Waals surface area contributed by atoms with Crippen LogP contribution in [0.1, 0.15) is 119 Å². The monoisotopic (exact) mass is 440 g/mol. The summed E-state index contributed by atoms with van der Waals surface area (Å²) >= 11 is 0. The van der Waals surface area contributed by atoms with Crippen LogP contribution in [0, 0.1) is 46.3 Å². The molecule has 1 heteroatoms. The lowest BCUT2D eigenvalue weighted by Crippen LogP contribution is -2.50. The summed E-state index contributed by atoms with van der Waals surface area (Å²) in [7, 11) is 0. The minimum Gasteiger partial charge on any atom is -0.393 e. The largest absolute Gasteiger partial charge is 0.393 e. The first-order valence-corrected chi connectivity index (χ1v) is 14.3. The number of aliphatic hydroxyl groups excluding tert-OH is 1. The predicted octanol–water partition coefficient (Wildman–Crippen LogP) is 8.73. The molecule has 4 aliphatic rings. The minimum absolute atomic E-state index is 0.0841. The Balaban J connectivity index is 1.46. The Labute approximate surface area is 199 Å². The standard InChI is InChI=1S/C31H52O/c1-7-22(8-2)23(9-3)11-10-21(4)27-14-15-28-26-13-12-24-20-25(32)16-18-30(24,5)29(26)17-19-31(27,28)6/h7,12,21,23,25-29,32H,8-11,13-20H2,1-6H3/b22-7+/t21-,23-,25?,26?,27?,28?,29?,30?,31?/m1/s1. The van der Waals surface area contributed by atoms with Crippen LogP contribution in [0.25, 0.3) is 0 Å². The Bertz CT molecular complexity index is 718. The lowest BCUT2D eigenvalue weighted by molar-refractivity contribution is -0.0574. The number of aliphatic hydroxyl groups is 1. The Morgan fingerprint density at radius 1 is 1.09 bits per heavy atom. The van der Waals surface area contributed by atoms with Crippen molar-refractivity contribution in [2.45, 2.75) is 125 Å². The lowest BCUT2D eigenvalue weighted by atomic mass is 9.47. The molecule has 0 aliphatic heterocycles. The molecule has 7 unspecified atom stereocenters. The highest BCUT2D eigenvalue weighted by Crippen LogP contribution is 2.67. The van der Waals surface area contributed by atoms with Gasteiger partial charge in [0, 0.05) is 0 Å². The van der Waals surface area contributed by atoms with E-state index < -0.39 is 0 Å². The topological polar surface area (TPSA) is 20.2 Å². The molecule has 0 radical (unpaired) electrons. The summed E-state index contributed by atoms with van der Waals surface area (Å²) < 4.78 is 0. The van der Waals surface area contributed by atoms with Gasteiger partial charge in [-0.2, -0.15) is 0 Å². The lowest BCUT2D eigenvalue weighted by Gasteiger charge is -2.58. The van der Waals surface area contributed by atoms with Crippen LogP contribution in [-0.2, 0) is 0 Å². The van der Waals surface area contributed by atoms with Crippen molar-refractivity contribution in [3.05, 3.63) is 23.3 Å². The van der Waals surface area contributed by atoms with Crippen LogP contribution in [0.4, 0.5) is 0 Å². The molecule has 0 aromatic carbocycles. The molecule has 3 fully saturated rings. The molecular formula is C31H52O. The Hall–Kier alpha value is -0.560. The van der Waals surface area contributed by atoms with Gasteiger partial charge in [0.1, 0.15) is 0 Å². The maximum Gasteiger partial charge on any atom is 0.0577 e. The molecule has 0 bridgehead atoms. The number of rotatable bonds is 7. The highest BCUT2D eigenvalue weighted by molar-refractivity contribution is 5.25. The summed E-state index contributed by atoms with van der Waals surface area (Å²) in [5.74, 6) is 5.28. The molecule has 3 saturated carbocycles. The summed E-state index contributed by atoms with van der Waals surface area (Å²) in [6, 6.07) is 0. The second-order valence-corrected chi connectivity index (χ2v) is 12.8. The Morgan fingerprint density at radius 2 is 1.88 bits per heavy atom. The third kappa shape index (κ3) is 4.08. The van der Waals surface area contributed by atoms with Crippen molar-refractivity contribution < 1.29 is 5.11 Å². The summed E-state index contributed by atoms with van der Waals surface area (Å²) in [5.41, 5.74) is 4.24. The predicted molar refractivity (Wildman–Crippen MR) is 137 cm³/mol. The molecule has 32 heavy (non-hydrogen) atoms. The maximum absolute atomic E-state index is 10.3. The van der Waals surface area contributed by atoms with Gasteiger partial charge < -0.3 is 5.11 Å². The van der Waals surface area contributed by atoms with Crippen LogP contribution in [0.5, 0.6) is 0 Å². The zero-order valence-electron chi connectivity index (χ0n) is 22.1. The van der Waals surface area contributed by atoms with Crippen molar-refractivity contribution in [2.24, 2.45) is 46.3 Å². The molecule has 1 N–H and O–H groups in total. The van der Waals surface area contributed by atoms with Crippen molar-refractivity contribution in [2.75, 3.05) is 0 Å². The average Bonchev–Trinajstić information content (AvgIpc) is 3.14. The number of hydrogen-bond acceptors (Lipinski definition) is 1. The third-order valence-electron chi connectivity index (χ3n) is 11.6. The third-order valence-corrected chi connectivity index (χ3v) is 11.6. The fourth-order valence-corrected chi connectivity index (χ4v) is 9.66. The van der Waals surface area contributed by atoms with Crippen LogP contribution in [-0.4, -0.2) is 11.2 Å². The molecule has 0 spiro atoms. The normalized spacial score (nSPS) is 43.7. The highest BCUT2D eigenvalue weighted by atomic mass is 16.3. The SMILES string of the molecule is C/C=C(\CC)[C@H](CC)CC[C@@H](C)C1CCC2C3CC=C4CC(O)CCC4(C)C3CCC21C. The van der Waals surface area contributed by atoms with Crippen molar-refractivity contribution >= 4 is 0 Å². The van der Waals surface area contributed by atoms with Crippen LogP contribution in [0.3, 0.4) is 0 Å². The molecule has 0 heterocycles. The van der Waals surface area contributed by atoms with Crippen LogP contribution < -0.4 is 0 Å². The van der Waals surface area contributed by atoms with E-state index in [1.807, 2.05) is 0 Å². The number of fused-ring (bicyclic) bond motifs is 5. The van der Waals surface area contributed by atoms with E-state index in [2.05, 4.69) is 53.7 Å². The highest BCUT2D eigenvalue weighted by Gasteiger charge is 2.59. The summed E-state index contributed by atoms with van der Waals surface area (Å²) in [6.45, 7) is 14.8. The smallest absolute Gasteiger partial charge is 0.0577 e. The quantitative estimate of drug-likeness (QED) is 0.392. The van der Waals surface area contributed by atoms with E-state index in [0.717, 1.165) is 48.3 Å². The minimum atomic E-state index is -0.0841. The van der Waals surface area contributed by atoms with Crippen LogP contribution >= 0.6 is 0 Å². The zero-order valence-corrected chi connectivity index (χ0v) is 22.1. The van der Waals surface area contributed by atoms with Gasteiger partial charge in [0.15, 0.2) is 0 Å². The van der Waals surface area contributed by atoms with E-state index in [9.17, 15) is 5.11 Å². The van der Waals surface area contributed by atoms with E-state index >= 15 is 0 Å². The van der Waals surface area contributed by atoms with Crippen LogP contribution in [0.15, 0.2) is 23.3 Å². The second kappa shape index (κ2) is 9.59. The van der Waals surface area contributed by atoms with E-state index in [4.69, 9.17) is 0 Å². The van der Waals surface area contributed by atoms with Crippen molar-refractivity contribution in [3.8, 4) is 0 Å². The van der Waals surface area contributed by atoms with E-state index in [-0.39, 0.29) is 6.10 Å². The molecule has 0 amide bonds. The summed E-state index contributed by atoms with van der Waals surface area (Å²) in [4.78, 5) is 0. The van der Waals surface area contributed by atoms with Gasteiger partial charge in [0.05, 0.1) is 6.10 Å². The van der Waals surface area contributed by atoms with Gasteiger partial charge >= 0.3 is 0 Å². The summed E-state index contributed by atoms with van der Waals surface area (Å²) in [5, 5.41) is 10.3. The fraction of sp³-hybridized carbons (Fsp3) is 0.871. The van der Waals surface area contributed by atoms with Crippen molar-refractivity contribution in [1.29, 1.82) is 0 Å². The van der Waals surface area contributed by atoms with E-state index in [1.54, 1.807) is 11.1 Å². The van der Waals surface area contributed by atoms with Gasteiger partial charge in [0.2, 0.25) is 0 Å². The first-order chi connectivity index (χ1) is 15.3. The molecule has 4 rings (SSSR count). The van der Waals surface area contributed by atoms with Gasteiger partial charge in [-0.25, -0.2) is 0 Å². The van der Waals surface area contributed by atoms with Crippen molar-refractivity contribution in [1.82, 2.24) is 0 Å². The molecule has 182 valence electrons. The van der Waals surface area contributed by atoms with Gasteiger partial charge in [-0.1, -0.05) is 57.9 Å². The molecule has 0 aromatic rings. The van der Waals surface area contributed by atoms with Crippen LogP contribution in [0.2, 0.25) is 0 Å². The molecule has 1 nitrogen and oxygen atoms in total. The number of hydrogen-bond donors (Lipinski definition) is 1. The molecule has 4 aliphatic carbocycles. The molecular weight excluding hydrogens is 388 g/mol. The summed E-state index contributed by atoms with van der Waals surface area (Å²) in [6.07, 6.45) is 20.5. The van der Waals surface area contributed by atoms with Gasteiger partial charge in [-0.15, -0.1) is 0 Å². The zero-order chi connectivity index (χ0) is 23.1. The first kappa shape index (κ1) is 24.6. The van der Waals surface area contributed by atoms with E-state index in [0.29, 0.717) is 10.8 Å². The Kier molecular flexibility index (Phi) is 7.36. The first-order valence-electron chi connectivity index (χ1n) is 14.3. The number of allylic oxidation sites excluding steroid dienone is 3. The van der Waals surface area contributed by atoms with Gasteiger partial charge in [-0.3, -0.25) is 0 Å². The van der Waals surface area contributed by atoms with Gasteiger partial charge in [0.25, 0.3) is 0 Å². The molecule has 0 saturated heterocycles. The van der Waals surface area contributed by atoms with E-state index in [1.165, 1.54) is 64.2 Å².